The van der Waals surface area contributed by atoms with Gasteiger partial charge in [-0.25, -0.2) is 8.78 Å². The summed E-state index contributed by atoms with van der Waals surface area (Å²) >= 11 is 0. The molecule has 0 saturated carbocycles. The van der Waals surface area contributed by atoms with E-state index in [1.807, 2.05) is 6.92 Å². The molecule has 0 fully saturated rings. The third kappa shape index (κ3) is 3.33. The molecule has 0 bridgehead atoms. The average Bonchev–Trinajstić information content (AvgIpc) is 2.39. The van der Waals surface area contributed by atoms with Gasteiger partial charge < -0.3 is 10.5 Å². The summed E-state index contributed by atoms with van der Waals surface area (Å²) in [5, 5.41) is 0. The van der Waals surface area contributed by atoms with Gasteiger partial charge in [-0.2, -0.15) is 0 Å². The molecule has 106 valence electrons. The summed E-state index contributed by atoms with van der Waals surface area (Å²) in [4.78, 5) is 0. The Kier molecular flexibility index (Phi) is 4.35. The first-order valence-corrected chi connectivity index (χ1v) is 6.40. The summed E-state index contributed by atoms with van der Waals surface area (Å²) in [5.74, 6) is -0.309. The lowest BCUT2D eigenvalue weighted by Gasteiger charge is -2.11. The zero-order valence-electron chi connectivity index (χ0n) is 11.5. The smallest absolute Gasteiger partial charge is 0.131 e. The van der Waals surface area contributed by atoms with Crippen molar-refractivity contribution in [2.24, 2.45) is 5.73 Å². The van der Waals surface area contributed by atoms with Crippen molar-refractivity contribution < 1.29 is 13.5 Å². The van der Waals surface area contributed by atoms with Gasteiger partial charge in [-0.3, -0.25) is 0 Å². The fraction of sp³-hybridized carbons (Fsp3) is 0.250. The van der Waals surface area contributed by atoms with Crippen molar-refractivity contribution in [3.8, 4) is 5.75 Å². The van der Waals surface area contributed by atoms with Gasteiger partial charge in [-0.15, -0.1) is 0 Å². The van der Waals surface area contributed by atoms with E-state index in [4.69, 9.17) is 10.5 Å². The second-order valence-electron chi connectivity index (χ2n) is 4.83. The van der Waals surface area contributed by atoms with Crippen molar-refractivity contribution in [1.82, 2.24) is 0 Å². The number of nitrogens with two attached hydrogens (primary N) is 1. The third-order valence-corrected chi connectivity index (χ3v) is 3.17. The van der Waals surface area contributed by atoms with E-state index in [0.29, 0.717) is 11.3 Å². The van der Waals surface area contributed by atoms with Gasteiger partial charge in [0.05, 0.1) is 0 Å². The highest BCUT2D eigenvalue weighted by Crippen LogP contribution is 2.22. The SMILES string of the molecule is Cc1ccc(F)cc1COc1ccc([C@@H](C)N)c(F)c1. The van der Waals surface area contributed by atoms with Crippen molar-refractivity contribution >= 4 is 0 Å². The molecule has 0 unspecified atom stereocenters. The molecule has 4 heteroatoms. The van der Waals surface area contributed by atoms with Crippen LogP contribution < -0.4 is 10.5 Å². The van der Waals surface area contributed by atoms with Gasteiger partial charge in [0.15, 0.2) is 0 Å². The molecule has 2 aromatic rings. The number of hydrogen-bond acceptors (Lipinski definition) is 2. The average molecular weight is 277 g/mol. The van der Waals surface area contributed by atoms with Gasteiger partial charge in [-0.1, -0.05) is 12.1 Å². The molecule has 0 aliphatic rings. The Morgan fingerprint density at radius 1 is 1.15 bits per heavy atom. The predicted octanol–water partition coefficient (Wildman–Crippen LogP) is 3.87. The van der Waals surface area contributed by atoms with E-state index < -0.39 is 5.82 Å². The topological polar surface area (TPSA) is 35.2 Å². The molecular formula is C16H17F2NO. The zero-order chi connectivity index (χ0) is 14.7. The maximum absolute atomic E-state index is 13.8. The molecule has 0 radical (unpaired) electrons. The molecule has 0 spiro atoms. The third-order valence-electron chi connectivity index (χ3n) is 3.17. The first-order valence-electron chi connectivity index (χ1n) is 6.40. The lowest BCUT2D eigenvalue weighted by atomic mass is 10.1. The van der Waals surface area contributed by atoms with Gasteiger partial charge in [0, 0.05) is 17.7 Å². The van der Waals surface area contributed by atoms with Crippen molar-refractivity contribution in [1.29, 1.82) is 0 Å². The van der Waals surface area contributed by atoms with Crippen LogP contribution in [0.2, 0.25) is 0 Å². The van der Waals surface area contributed by atoms with E-state index in [2.05, 4.69) is 0 Å². The van der Waals surface area contributed by atoms with Crippen molar-refractivity contribution in [3.05, 3.63) is 64.7 Å². The second-order valence-corrected chi connectivity index (χ2v) is 4.83. The number of ether oxygens (including phenoxy) is 1. The van der Waals surface area contributed by atoms with Gasteiger partial charge >= 0.3 is 0 Å². The minimum atomic E-state index is -0.395. The molecule has 1 atom stereocenters. The molecule has 2 aromatic carbocycles. The Balaban J connectivity index is 2.11. The van der Waals surface area contributed by atoms with E-state index in [1.165, 1.54) is 18.2 Å². The van der Waals surface area contributed by atoms with Crippen LogP contribution in [0.15, 0.2) is 36.4 Å². The van der Waals surface area contributed by atoms with Crippen LogP contribution in [-0.2, 0) is 6.61 Å². The Bertz CT molecular complexity index is 611. The van der Waals surface area contributed by atoms with Crippen LogP contribution in [0.4, 0.5) is 8.78 Å². The monoisotopic (exact) mass is 277 g/mol. The van der Waals surface area contributed by atoms with Crippen LogP contribution in [0.5, 0.6) is 5.75 Å². The van der Waals surface area contributed by atoms with E-state index in [1.54, 1.807) is 25.1 Å². The second kappa shape index (κ2) is 6.01. The summed E-state index contributed by atoms with van der Waals surface area (Å²) in [6.45, 7) is 3.79. The Morgan fingerprint density at radius 3 is 2.55 bits per heavy atom. The highest BCUT2D eigenvalue weighted by atomic mass is 19.1. The quantitative estimate of drug-likeness (QED) is 0.920. The summed E-state index contributed by atoms with van der Waals surface area (Å²) in [7, 11) is 0. The molecule has 0 heterocycles. The molecule has 0 aliphatic carbocycles. The lowest BCUT2D eigenvalue weighted by Crippen LogP contribution is -2.07. The molecule has 0 aromatic heterocycles. The number of rotatable bonds is 4. The normalized spacial score (nSPS) is 12.2. The number of hydrogen-bond donors (Lipinski definition) is 1. The van der Waals surface area contributed by atoms with E-state index in [-0.39, 0.29) is 18.5 Å². The Labute approximate surface area is 117 Å². The maximum Gasteiger partial charge on any atom is 0.131 e. The molecule has 2 rings (SSSR count). The first-order chi connectivity index (χ1) is 9.47. The molecule has 0 aliphatic heterocycles. The zero-order valence-corrected chi connectivity index (χ0v) is 11.5. The van der Waals surface area contributed by atoms with Gasteiger partial charge in [0.2, 0.25) is 0 Å². The molecule has 0 saturated heterocycles. The largest absolute Gasteiger partial charge is 0.489 e. The summed E-state index contributed by atoms with van der Waals surface area (Å²) in [6.07, 6.45) is 0. The van der Waals surface area contributed by atoms with E-state index >= 15 is 0 Å². The summed E-state index contributed by atoms with van der Waals surface area (Å²) < 4.78 is 32.4. The van der Waals surface area contributed by atoms with Gasteiger partial charge in [-0.05, 0) is 43.2 Å². The summed E-state index contributed by atoms with van der Waals surface area (Å²) in [6, 6.07) is 8.71. The van der Waals surface area contributed by atoms with E-state index in [9.17, 15) is 8.78 Å². The summed E-state index contributed by atoms with van der Waals surface area (Å²) in [5.41, 5.74) is 7.75. The fourth-order valence-corrected chi connectivity index (χ4v) is 1.92. The maximum atomic E-state index is 13.8. The highest BCUT2D eigenvalue weighted by molar-refractivity contribution is 5.31. The van der Waals surface area contributed by atoms with Crippen LogP contribution in [0.25, 0.3) is 0 Å². The van der Waals surface area contributed by atoms with Crippen LogP contribution in [0.1, 0.15) is 29.7 Å². The van der Waals surface area contributed by atoms with Crippen LogP contribution in [-0.4, -0.2) is 0 Å². The van der Waals surface area contributed by atoms with Crippen molar-refractivity contribution in [2.75, 3.05) is 0 Å². The number of aryl methyl sites for hydroxylation is 1. The fourth-order valence-electron chi connectivity index (χ4n) is 1.92. The van der Waals surface area contributed by atoms with Crippen molar-refractivity contribution in [2.45, 2.75) is 26.5 Å². The highest BCUT2D eigenvalue weighted by Gasteiger charge is 2.08. The number of benzene rings is 2. The predicted molar refractivity (Wildman–Crippen MR) is 74.5 cm³/mol. The van der Waals surface area contributed by atoms with Crippen LogP contribution in [0.3, 0.4) is 0 Å². The molecule has 2 nitrogen and oxygen atoms in total. The van der Waals surface area contributed by atoms with Crippen LogP contribution >= 0.6 is 0 Å². The standard InChI is InChI=1S/C16H17F2NO/c1-10-3-4-13(17)7-12(10)9-20-14-5-6-15(11(2)19)16(18)8-14/h3-8,11H,9,19H2,1-2H3/t11-/m1/s1. The van der Waals surface area contributed by atoms with Crippen LogP contribution in [0, 0.1) is 18.6 Å². The Hall–Kier alpha value is -1.94. The number of halogens is 2. The molecular weight excluding hydrogens is 260 g/mol. The molecule has 0 amide bonds. The van der Waals surface area contributed by atoms with Gasteiger partial charge in [0.25, 0.3) is 0 Å². The van der Waals surface area contributed by atoms with E-state index in [0.717, 1.165) is 11.1 Å². The molecule has 20 heavy (non-hydrogen) atoms. The molecule has 2 N–H and O–H groups in total. The minimum absolute atomic E-state index is 0.195. The van der Waals surface area contributed by atoms with Crippen molar-refractivity contribution in [3.63, 3.8) is 0 Å². The minimum Gasteiger partial charge on any atom is -0.489 e. The van der Waals surface area contributed by atoms with Gasteiger partial charge in [0.1, 0.15) is 24.0 Å². The Morgan fingerprint density at radius 2 is 1.90 bits per heavy atom. The first kappa shape index (κ1) is 14.5. The lowest BCUT2D eigenvalue weighted by molar-refractivity contribution is 0.303.